The number of benzene rings is 4. The van der Waals surface area contributed by atoms with E-state index in [1.807, 2.05) is 0 Å². The zero-order valence-electron chi connectivity index (χ0n) is 17.6. The quantitative estimate of drug-likeness (QED) is 0.249. The van der Waals surface area contributed by atoms with E-state index in [9.17, 15) is 0 Å². The van der Waals surface area contributed by atoms with Crippen molar-refractivity contribution in [1.82, 2.24) is 0 Å². The molecule has 0 aliphatic heterocycles. The maximum Gasteiger partial charge on any atom is 0 e. The van der Waals surface area contributed by atoms with Crippen molar-refractivity contribution in [2.45, 2.75) is 20.3 Å². The van der Waals surface area contributed by atoms with Crippen LogP contribution in [0.25, 0.3) is 0 Å². The smallest absolute Gasteiger partial charge is 0 e. The standard InChI is InChI=1S/2C12H11P.C3H8.Ni/c2*1-3-7-11(8-4-1)13-12-9-5-2-6-10-12;1-3-2;/h2*1-10,13H;3H2,1-2H3;. The molecule has 30 heavy (non-hydrogen) atoms. The first-order chi connectivity index (χ1) is 14.3. The fourth-order valence-electron chi connectivity index (χ4n) is 2.42. The number of hydrogen-bond donors (Lipinski definition) is 0. The Morgan fingerprint density at radius 3 is 0.733 bits per heavy atom. The van der Waals surface area contributed by atoms with Crippen molar-refractivity contribution in [3.05, 3.63) is 121 Å². The van der Waals surface area contributed by atoms with Crippen LogP contribution in [-0.2, 0) is 16.5 Å². The maximum absolute atomic E-state index is 2.17. The van der Waals surface area contributed by atoms with Crippen molar-refractivity contribution < 1.29 is 16.5 Å². The molecule has 0 unspecified atom stereocenters. The van der Waals surface area contributed by atoms with Gasteiger partial charge in [0.05, 0.1) is 0 Å². The van der Waals surface area contributed by atoms with Gasteiger partial charge in [-0.3, -0.25) is 0 Å². The molecule has 0 atom stereocenters. The van der Waals surface area contributed by atoms with Crippen molar-refractivity contribution >= 4 is 38.4 Å². The number of rotatable bonds is 4. The van der Waals surface area contributed by atoms with Crippen molar-refractivity contribution in [1.29, 1.82) is 0 Å². The summed E-state index contributed by atoms with van der Waals surface area (Å²) in [7, 11) is 1.55. The van der Waals surface area contributed by atoms with Crippen molar-refractivity contribution in [2.24, 2.45) is 0 Å². The van der Waals surface area contributed by atoms with Gasteiger partial charge in [0.15, 0.2) is 0 Å². The average Bonchev–Trinajstić information content (AvgIpc) is 2.78. The maximum atomic E-state index is 2.17. The van der Waals surface area contributed by atoms with Crippen LogP contribution in [0, 0.1) is 0 Å². The van der Waals surface area contributed by atoms with Gasteiger partial charge in [-0.25, -0.2) is 0 Å². The van der Waals surface area contributed by atoms with E-state index in [4.69, 9.17) is 0 Å². The summed E-state index contributed by atoms with van der Waals surface area (Å²) in [5, 5.41) is 5.59. The molecule has 0 amide bonds. The fourth-order valence-corrected chi connectivity index (χ4v) is 4.52. The summed E-state index contributed by atoms with van der Waals surface area (Å²) >= 11 is 0. The normalized spacial score (nSPS) is 9.13. The molecule has 0 saturated heterocycles. The summed E-state index contributed by atoms with van der Waals surface area (Å²) in [6.45, 7) is 4.25. The number of hydrogen-bond acceptors (Lipinski definition) is 0. The summed E-state index contributed by atoms with van der Waals surface area (Å²) in [5.74, 6) is 0. The minimum atomic E-state index is 0. The van der Waals surface area contributed by atoms with E-state index in [1.54, 1.807) is 0 Å². The minimum Gasteiger partial charge on any atom is -0.0656 e. The Morgan fingerprint density at radius 2 is 0.567 bits per heavy atom. The fraction of sp³-hybridized carbons (Fsp3) is 0.111. The summed E-state index contributed by atoms with van der Waals surface area (Å²) in [5.41, 5.74) is 0. The van der Waals surface area contributed by atoms with E-state index >= 15 is 0 Å². The first-order valence-electron chi connectivity index (χ1n) is 10.1. The van der Waals surface area contributed by atoms with Crippen LogP contribution >= 0.6 is 17.2 Å². The van der Waals surface area contributed by atoms with Crippen LogP contribution in [0.4, 0.5) is 0 Å². The van der Waals surface area contributed by atoms with Gasteiger partial charge in [-0.05, 0) is 21.2 Å². The molecule has 0 aromatic heterocycles. The van der Waals surface area contributed by atoms with Crippen molar-refractivity contribution in [3.8, 4) is 0 Å². The Balaban J connectivity index is 0.000000258. The zero-order valence-corrected chi connectivity index (χ0v) is 20.6. The van der Waals surface area contributed by atoms with Crippen LogP contribution in [0.2, 0.25) is 0 Å². The second kappa shape index (κ2) is 17.0. The van der Waals surface area contributed by atoms with Gasteiger partial charge in [-0.1, -0.05) is 159 Å². The third-order valence-electron chi connectivity index (χ3n) is 3.67. The molecule has 0 nitrogen and oxygen atoms in total. The monoisotopic (exact) mass is 474 g/mol. The van der Waals surface area contributed by atoms with E-state index in [2.05, 4.69) is 135 Å². The predicted molar refractivity (Wildman–Crippen MR) is 137 cm³/mol. The van der Waals surface area contributed by atoms with Gasteiger partial charge in [0.25, 0.3) is 0 Å². The Kier molecular flexibility index (Phi) is 14.9. The molecule has 0 heterocycles. The molecule has 0 radical (unpaired) electrons. The molecule has 158 valence electrons. The molecule has 3 heteroatoms. The van der Waals surface area contributed by atoms with Gasteiger partial charge in [0, 0.05) is 16.5 Å². The Morgan fingerprint density at radius 1 is 0.400 bits per heavy atom. The molecule has 0 saturated carbocycles. The third-order valence-corrected chi connectivity index (χ3v) is 6.16. The second-order valence-electron chi connectivity index (χ2n) is 6.42. The molecule has 4 rings (SSSR count). The molecule has 0 aliphatic carbocycles. The molecule has 4 aromatic carbocycles. The average molecular weight is 475 g/mol. The molecular weight excluding hydrogens is 445 g/mol. The van der Waals surface area contributed by atoms with Gasteiger partial charge in [0.1, 0.15) is 0 Å². The Bertz CT molecular complexity index is 731. The van der Waals surface area contributed by atoms with Crippen LogP contribution in [0.3, 0.4) is 0 Å². The van der Waals surface area contributed by atoms with Gasteiger partial charge in [0.2, 0.25) is 0 Å². The largest absolute Gasteiger partial charge is 0.0656 e. The van der Waals surface area contributed by atoms with E-state index < -0.39 is 0 Å². The first-order valence-corrected chi connectivity index (χ1v) is 12.1. The van der Waals surface area contributed by atoms with Gasteiger partial charge in [-0.15, -0.1) is 0 Å². The minimum absolute atomic E-state index is 0. The Hall–Kier alpha value is -1.77. The molecule has 0 aliphatic rings. The first kappa shape index (κ1) is 26.3. The molecule has 0 fully saturated rings. The van der Waals surface area contributed by atoms with Crippen molar-refractivity contribution in [2.75, 3.05) is 0 Å². The second-order valence-corrected chi connectivity index (χ2v) is 9.23. The van der Waals surface area contributed by atoms with E-state index in [1.165, 1.54) is 27.6 Å². The zero-order chi connectivity index (χ0) is 20.6. The summed E-state index contributed by atoms with van der Waals surface area (Å²) in [6, 6.07) is 42.3. The van der Waals surface area contributed by atoms with Crippen LogP contribution in [0.5, 0.6) is 0 Å². The van der Waals surface area contributed by atoms with Gasteiger partial charge in [-0.2, -0.15) is 0 Å². The van der Waals surface area contributed by atoms with Gasteiger partial charge >= 0.3 is 0 Å². The molecule has 0 N–H and O–H groups in total. The topological polar surface area (TPSA) is 0 Å². The van der Waals surface area contributed by atoms with E-state index in [0.717, 1.165) is 17.2 Å². The predicted octanol–water partition coefficient (Wildman–Crippen LogP) is 6.05. The summed E-state index contributed by atoms with van der Waals surface area (Å²) in [6.07, 6.45) is 1.25. The van der Waals surface area contributed by atoms with Crippen LogP contribution < -0.4 is 21.2 Å². The molecule has 0 bridgehead atoms. The summed E-state index contributed by atoms with van der Waals surface area (Å²) in [4.78, 5) is 0. The van der Waals surface area contributed by atoms with Crippen LogP contribution in [-0.4, -0.2) is 0 Å². The van der Waals surface area contributed by atoms with Crippen LogP contribution in [0.1, 0.15) is 20.3 Å². The van der Waals surface area contributed by atoms with Gasteiger partial charge < -0.3 is 0 Å². The summed E-state index contributed by atoms with van der Waals surface area (Å²) < 4.78 is 0. The molecule has 4 aromatic rings. The Labute approximate surface area is 196 Å². The molecular formula is C27H30NiP2. The SMILES string of the molecule is CCC.[Ni].c1ccc(Pc2ccccc2)cc1.c1ccc(Pc2ccccc2)cc1. The van der Waals surface area contributed by atoms with E-state index in [-0.39, 0.29) is 16.5 Å². The van der Waals surface area contributed by atoms with E-state index in [0.29, 0.717) is 0 Å². The van der Waals surface area contributed by atoms with Crippen LogP contribution in [0.15, 0.2) is 121 Å². The molecule has 0 spiro atoms. The van der Waals surface area contributed by atoms with Crippen molar-refractivity contribution in [3.63, 3.8) is 0 Å². The third kappa shape index (κ3) is 11.4.